The van der Waals surface area contributed by atoms with Crippen LogP contribution >= 0.6 is 0 Å². The van der Waals surface area contributed by atoms with Gasteiger partial charge in [0.2, 0.25) is 10.0 Å². The molecule has 21 heavy (non-hydrogen) atoms. The number of rotatable bonds is 7. The van der Waals surface area contributed by atoms with Crippen LogP contribution in [0.25, 0.3) is 0 Å². The number of nitrogens with zero attached hydrogens (tertiary/aromatic N) is 1. The van der Waals surface area contributed by atoms with Gasteiger partial charge in [0.1, 0.15) is 0 Å². The lowest BCUT2D eigenvalue weighted by Crippen LogP contribution is -2.34. The Hall–Kier alpha value is -0.910. The van der Waals surface area contributed by atoms with Gasteiger partial charge in [-0.2, -0.15) is 4.31 Å². The van der Waals surface area contributed by atoms with Gasteiger partial charge in [0.25, 0.3) is 0 Å². The summed E-state index contributed by atoms with van der Waals surface area (Å²) in [6, 6.07) is 3.85. The second-order valence-electron chi connectivity index (χ2n) is 5.92. The van der Waals surface area contributed by atoms with Crippen LogP contribution in [-0.4, -0.2) is 32.9 Å². The lowest BCUT2D eigenvalue weighted by atomic mass is 10.1. The third-order valence-corrected chi connectivity index (χ3v) is 5.67. The highest BCUT2D eigenvalue weighted by atomic mass is 32.2. The summed E-state index contributed by atoms with van der Waals surface area (Å²) in [6.45, 7) is 11.5. The first kappa shape index (κ1) is 18.1. The molecule has 0 aliphatic carbocycles. The van der Waals surface area contributed by atoms with E-state index in [0.29, 0.717) is 30.4 Å². The van der Waals surface area contributed by atoms with Gasteiger partial charge in [-0.15, -0.1) is 0 Å². The van der Waals surface area contributed by atoms with E-state index in [2.05, 4.69) is 5.32 Å². The van der Waals surface area contributed by atoms with Crippen molar-refractivity contribution >= 4 is 10.0 Å². The quantitative estimate of drug-likeness (QED) is 0.842. The molecule has 120 valence electrons. The van der Waals surface area contributed by atoms with Gasteiger partial charge in [-0.1, -0.05) is 26.8 Å². The molecule has 1 rings (SSSR count). The van der Waals surface area contributed by atoms with Crippen molar-refractivity contribution in [2.75, 3.05) is 20.1 Å². The van der Waals surface area contributed by atoms with Crippen molar-refractivity contribution in [1.29, 1.82) is 0 Å². The van der Waals surface area contributed by atoms with Gasteiger partial charge in [-0.3, -0.25) is 0 Å². The minimum absolute atomic E-state index is 0.307. The normalized spacial score (nSPS) is 12.4. The third kappa shape index (κ3) is 4.28. The molecule has 0 amide bonds. The molecule has 0 aromatic heterocycles. The van der Waals surface area contributed by atoms with Crippen LogP contribution < -0.4 is 5.32 Å². The minimum Gasteiger partial charge on any atom is -0.316 e. The molecule has 0 saturated heterocycles. The van der Waals surface area contributed by atoms with Crippen LogP contribution in [0.5, 0.6) is 0 Å². The summed E-state index contributed by atoms with van der Waals surface area (Å²) in [6.07, 6.45) is 0. The fraction of sp³-hybridized carbons (Fsp3) is 0.625. The second kappa shape index (κ2) is 7.38. The summed E-state index contributed by atoms with van der Waals surface area (Å²) >= 11 is 0. The maximum atomic E-state index is 12.9. The maximum absolute atomic E-state index is 12.9. The largest absolute Gasteiger partial charge is 0.316 e. The van der Waals surface area contributed by atoms with Crippen molar-refractivity contribution in [3.8, 4) is 0 Å². The monoisotopic (exact) mass is 312 g/mol. The summed E-state index contributed by atoms with van der Waals surface area (Å²) in [7, 11) is -1.57. The highest BCUT2D eigenvalue weighted by Crippen LogP contribution is 2.25. The fourth-order valence-corrected chi connectivity index (χ4v) is 4.38. The van der Waals surface area contributed by atoms with E-state index in [1.807, 2.05) is 47.7 Å². The molecule has 1 aromatic rings. The number of benzene rings is 1. The van der Waals surface area contributed by atoms with Gasteiger partial charge < -0.3 is 5.32 Å². The predicted octanol–water partition coefficient (Wildman–Crippen LogP) is 2.69. The molecule has 0 heterocycles. The topological polar surface area (TPSA) is 49.4 Å². The van der Waals surface area contributed by atoms with Crippen molar-refractivity contribution in [3.05, 3.63) is 28.8 Å². The van der Waals surface area contributed by atoms with E-state index in [1.54, 1.807) is 10.4 Å². The third-order valence-electron chi connectivity index (χ3n) is 3.60. The number of nitrogens with one attached hydrogen (secondary N) is 1. The van der Waals surface area contributed by atoms with Crippen LogP contribution in [-0.2, 0) is 16.6 Å². The van der Waals surface area contributed by atoms with Gasteiger partial charge in [-0.25, -0.2) is 8.42 Å². The molecule has 0 bridgehead atoms. The molecular formula is C16H28N2O2S. The zero-order valence-corrected chi connectivity index (χ0v) is 14.8. The Bertz CT molecular complexity index is 580. The van der Waals surface area contributed by atoms with Crippen molar-refractivity contribution in [1.82, 2.24) is 9.62 Å². The van der Waals surface area contributed by atoms with Crippen LogP contribution in [0.4, 0.5) is 0 Å². The van der Waals surface area contributed by atoms with E-state index >= 15 is 0 Å². The fourth-order valence-electron chi connectivity index (χ4n) is 2.42. The van der Waals surface area contributed by atoms with Crippen molar-refractivity contribution in [2.24, 2.45) is 5.92 Å². The van der Waals surface area contributed by atoms with Crippen LogP contribution in [0.1, 0.15) is 37.5 Å². The average Bonchev–Trinajstić information content (AvgIpc) is 2.39. The Kier molecular flexibility index (Phi) is 6.38. The molecule has 0 fully saturated rings. The van der Waals surface area contributed by atoms with Crippen LogP contribution in [0.2, 0.25) is 0 Å². The highest BCUT2D eigenvalue weighted by Gasteiger charge is 2.26. The van der Waals surface area contributed by atoms with Gasteiger partial charge in [0.05, 0.1) is 4.90 Å². The van der Waals surface area contributed by atoms with Crippen LogP contribution in [0.3, 0.4) is 0 Å². The van der Waals surface area contributed by atoms with Gasteiger partial charge in [0.15, 0.2) is 0 Å². The van der Waals surface area contributed by atoms with Gasteiger partial charge in [0, 0.05) is 19.6 Å². The Labute approximate surface area is 129 Å². The summed E-state index contributed by atoms with van der Waals surface area (Å²) < 4.78 is 27.4. The SMILES string of the molecule is CCN(CC(C)C)S(=O)(=O)c1cc(CNC)cc(C)c1C. The first-order valence-corrected chi connectivity index (χ1v) is 8.92. The molecule has 1 aromatic carbocycles. The van der Waals surface area contributed by atoms with E-state index in [0.717, 1.165) is 16.7 Å². The smallest absolute Gasteiger partial charge is 0.243 e. The number of hydrogen-bond donors (Lipinski definition) is 1. The zero-order valence-electron chi connectivity index (χ0n) is 14.0. The van der Waals surface area contributed by atoms with Crippen molar-refractivity contribution in [3.63, 3.8) is 0 Å². The first-order valence-electron chi connectivity index (χ1n) is 7.48. The Morgan fingerprint density at radius 2 is 1.86 bits per heavy atom. The van der Waals surface area contributed by atoms with Crippen molar-refractivity contribution in [2.45, 2.75) is 46.1 Å². The van der Waals surface area contributed by atoms with E-state index < -0.39 is 10.0 Å². The maximum Gasteiger partial charge on any atom is 0.243 e. The van der Waals surface area contributed by atoms with E-state index in [4.69, 9.17) is 0 Å². The van der Waals surface area contributed by atoms with E-state index in [1.165, 1.54) is 0 Å². The van der Waals surface area contributed by atoms with Gasteiger partial charge in [-0.05, 0) is 49.6 Å². The Morgan fingerprint density at radius 3 is 2.33 bits per heavy atom. The lowest BCUT2D eigenvalue weighted by Gasteiger charge is -2.24. The molecule has 1 N–H and O–H groups in total. The summed E-state index contributed by atoms with van der Waals surface area (Å²) in [4.78, 5) is 0.440. The lowest BCUT2D eigenvalue weighted by molar-refractivity contribution is 0.380. The van der Waals surface area contributed by atoms with Crippen LogP contribution in [0.15, 0.2) is 17.0 Å². The second-order valence-corrected chi connectivity index (χ2v) is 7.82. The standard InChI is InChI=1S/C16H28N2O2S/c1-7-18(11-12(2)3)21(19,20)16-9-15(10-17-6)8-13(4)14(16)5/h8-9,12,17H,7,10-11H2,1-6H3. The molecule has 0 saturated carbocycles. The Balaban J connectivity index is 3.35. The van der Waals surface area contributed by atoms with E-state index in [-0.39, 0.29) is 0 Å². The summed E-state index contributed by atoms with van der Waals surface area (Å²) in [5.41, 5.74) is 2.86. The number of aryl methyl sites for hydroxylation is 1. The molecule has 0 atom stereocenters. The van der Waals surface area contributed by atoms with Gasteiger partial charge >= 0.3 is 0 Å². The molecule has 5 heteroatoms. The molecule has 0 unspecified atom stereocenters. The molecule has 0 aliphatic rings. The molecule has 0 aliphatic heterocycles. The minimum atomic E-state index is -3.43. The van der Waals surface area contributed by atoms with E-state index in [9.17, 15) is 8.42 Å². The summed E-state index contributed by atoms with van der Waals surface area (Å²) in [5, 5.41) is 3.08. The van der Waals surface area contributed by atoms with Crippen LogP contribution in [0, 0.1) is 19.8 Å². The first-order chi connectivity index (χ1) is 9.73. The number of hydrogen-bond acceptors (Lipinski definition) is 3. The predicted molar refractivity (Wildman–Crippen MR) is 88.0 cm³/mol. The molecular weight excluding hydrogens is 284 g/mol. The van der Waals surface area contributed by atoms with Crippen molar-refractivity contribution < 1.29 is 8.42 Å². The molecule has 0 radical (unpaired) electrons. The molecule has 0 spiro atoms. The molecule has 4 nitrogen and oxygen atoms in total. The highest BCUT2D eigenvalue weighted by molar-refractivity contribution is 7.89. The number of sulfonamides is 1. The summed E-state index contributed by atoms with van der Waals surface area (Å²) in [5.74, 6) is 0.307. The Morgan fingerprint density at radius 1 is 1.24 bits per heavy atom. The average molecular weight is 312 g/mol. The zero-order chi connectivity index (χ0) is 16.2.